The summed E-state index contributed by atoms with van der Waals surface area (Å²) >= 11 is 8.15. The maximum atomic E-state index is 6.46. The fourth-order valence-corrected chi connectivity index (χ4v) is 5.32. The minimum absolute atomic E-state index is 0. The van der Waals surface area contributed by atoms with Crippen molar-refractivity contribution in [2.24, 2.45) is 0 Å². The Morgan fingerprint density at radius 2 is 1.27 bits per heavy atom. The second kappa shape index (κ2) is 8.95. The molecule has 6 rings (SSSR count). The van der Waals surface area contributed by atoms with Crippen LogP contribution in [0.3, 0.4) is 0 Å². The molecule has 0 saturated carbocycles. The Morgan fingerprint density at radius 3 is 2.00 bits per heavy atom. The molecule has 6 aromatic rings. The molecular weight excluding hydrogens is 467 g/mol. The maximum absolute atomic E-state index is 6.46. The minimum Gasteiger partial charge on any atom is -1.00 e. The number of rotatable bonds is 3. The molecule has 33 heavy (non-hydrogen) atoms. The first-order valence-corrected chi connectivity index (χ1v) is 11.6. The van der Waals surface area contributed by atoms with Crippen LogP contribution in [0.2, 0.25) is 5.02 Å². The summed E-state index contributed by atoms with van der Waals surface area (Å²) in [6.45, 7) is 0. The molecule has 2 nitrogen and oxygen atoms in total. The SMILES string of the molecule is Clc1ccc2nc(-c3ccccc3)c(-c3nc4ccccc4s3)c(-c3ccccc3)c2c1.[Cl-]. The molecule has 0 bridgehead atoms. The molecule has 5 heteroatoms. The van der Waals surface area contributed by atoms with Gasteiger partial charge in [-0.2, -0.15) is 0 Å². The van der Waals surface area contributed by atoms with E-state index in [1.165, 1.54) is 0 Å². The Labute approximate surface area is 207 Å². The first kappa shape index (κ1) is 21.6. The van der Waals surface area contributed by atoms with Crippen LogP contribution in [0.4, 0.5) is 0 Å². The average Bonchev–Trinajstić information content (AvgIpc) is 3.28. The number of pyridine rings is 1. The van der Waals surface area contributed by atoms with Crippen molar-refractivity contribution in [1.82, 2.24) is 9.97 Å². The van der Waals surface area contributed by atoms with E-state index >= 15 is 0 Å². The number of hydrogen-bond acceptors (Lipinski definition) is 3. The molecule has 0 spiro atoms. The van der Waals surface area contributed by atoms with Gasteiger partial charge in [-0.05, 0) is 35.9 Å². The van der Waals surface area contributed by atoms with Gasteiger partial charge in [0, 0.05) is 27.1 Å². The lowest BCUT2D eigenvalue weighted by molar-refractivity contribution is -0.00000598. The van der Waals surface area contributed by atoms with Crippen molar-refractivity contribution < 1.29 is 12.4 Å². The Morgan fingerprint density at radius 1 is 0.606 bits per heavy atom. The van der Waals surface area contributed by atoms with Crippen LogP contribution in [0.15, 0.2) is 103 Å². The van der Waals surface area contributed by atoms with Crippen molar-refractivity contribution in [3.05, 3.63) is 108 Å². The third kappa shape index (κ3) is 3.89. The normalized spacial score (nSPS) is 10.9. The number of fused-ring (bicyclic) bond motifs is 2. The second-order valence-corrected chi connectivity index (χ2v) is 9.06. The Hall–Kier alpha value is -3.24. The van der Waals surface area contributed by atoms with Gasteiger partial charge >= 0.3 is 0 Å². The standard InChI is InChI=1S/C28H17ClN2S.ClH/c29-20-15-16-22-21(17-20)25(18-9-3-1-4-10-18)26(27(30-22)19-11-5-2-6-12-19)28-31-23-13-7-8-14-24(23)32-28;/h1-17H;1H/p-1. The molecule has 2 aromatic heterocycles. The molecule has 0 amide bonds. The number of aromatic nitrogens is 2. The van der Waals surface area contributed by atoms with Gasteiger partial charge < -0.3 is 12.4 Å². The maximum Gasteiger partial charge on any atom is 0.127 e. The van der Waals surface area contributed by atoms with Crippen molar-refractivity contribution >= 4 is 44.1 Å². The number of halogens is 2. The summed E-state index contributed by atoms with van der Waals surface area (Å²) in [5.74, 6) is 0. The van der Waals surface area contributed by atoms with Crippen LogP contribution in [0.25, 0.3) is 54.1 Å². The first-order valence-electron chi connectivity index (χ1n) is 10.4. The number of nitrogens with zero attached hydrogens (tertiary/aromatic N) is 2. The van der Waals surface area contributed by atoms with Crippen molar-refractivity contribution in [3.8, 4) is 33.0 Å². The fraction of sp³-hybridized carbons (Fsp3) is 0. The Balaban J connectivity index is 0.00000228. The van der Waals surface area contributed by atoms with Crippen molar-refractivity contribution in [3.63, 3.8) is 0 Å². The molecule has 0 aliphatic carbocycles. The minimum atomic E-state index is 0. The van der Waals surface area contributed by atoms with Gasteiger partial charge in [0.1, 0.15) is 5.01 Å². The van der Waals surface area contributed by atoms with Crippen molar-refractivity contribution in [2.75, 3.05) is 0 Å². The lowest BCUT2D eigenvalue weighted by Gasteiger charge is -2.17. The summed E-state index contributed by atoms with van der Waals surface area (Å²) < 4.78 is 1.16. The van der Waals surface area contributed by atoms with Crippen LogP contribution in [-0.2, 0) is 0 Å². The zero-order valence-corrected chi connectivity index (χ0v) is 19.7. The highest BCUT2D eigenvalue weighted by atomic mass is 35.5. The summed E-state index contributed by atoms with van der Waals surface area (Å²) in [6.07, 6.45) is 0. The number of para-hydroxylation sites is 1. The molecule has 0 unspecified atom stereocenters. The molecule has 0 N–H and O–H groups in total. The third-order valence-corrected chi connectivity index (χ3v) is 6.85. The molecule has 2 heterocycles. The quantitative estimate of drug-likeness (QED) is 0.332. The van der Waals surface area contributed by atoms with Crippen molar-refractivity contribution in [2.45, 2.75) is 0 Å². The molecule has 0 saturated heterocycles. The number of thiazole rings is 1. The zero-order chi connectivity index (χ0) is 21.5. The highest BCUT2D eigenvalue weighted by Gasteiger charge is 2.22. The monoisotopic (exact) mass is 483 g/mol. The smallest absolute Gasteiger partial charge is 0.127 e. The summed E-state index contributed by atoms with van der Waals surface area (Å²) in [6, 6.07) is 35.0. The first-order chi connectivity index (χ1) is 15.8. The van der Waals surface area contributed by atoms with E-state index in [1.807, 2.05) is 48.5 Å². The van der Waals surface area contributed by atoms with E-state index in [-0.39, 0.29) is 12.4 Å². The fourth-order valence-electron chi connectivity index (χ4n) is 4.13. The highest BCUT2D eigenvalue weighted by molar-refractivity contribution is 7.21. The Kier molecular flexibility index (Phi) is 5.86. The summed E-state index contributed by atoms with van der Waals surface area (Å²) in [5.41, 5.74) is 7.17. The van der Waals surface area contributed by atoms with Gasteiger partial charge in [-0.15, -0.1) is 11.3 Å². The molecule has 0 aliphatic rings. The molecule has 0 radical (unpaired) electrons. The predicted molar refractivity (Wildman–Crippen MR) is 136 cm³/mol. The van der Waals surface area contributed by atoms with Gasteiger partial charge in [0.2, 0.25) is 0 Å². The van der Waals surface area contributed by atoms with Crippen LogP contribution < -0.4 is 12.4 Å². The molecule has 0 fully saturated rings. The lowest BCUT2D eigenvalue weighted by atomic mass is 9.92. The zero-order valence-electron chi connectivity index (χ0n) is 17.4. The molecule has 0 aliphatic heterocycles. The molecule has 4 aromatic carbocycles. The van der Waals surface area contributed by atoms with Crippen LogP contribution in [0.1, 0.15) is 0 Å². The van der Waals surface area contributed by atoms with Crippen LogP contribution >= 0.6 is 22.9 Å². The summed E-state index contributed by atoms with van der Waals surface area (Å²) in [7, 11) is 0. The van der Waals surface area contributed by atoms with Crippen LogP contribution in [0, 0.1) is 0 Å². The van der Waals surface area contributed by atoms with Crippen LogP contribution in [0.5, 0.6) is 0 Å². The van der Waals surface area contributed by atoms with Gasteiger partial charge in [0.15, 0.2) is 0 Å². The van der Waals surface area contributed by atoms with Gasteiger partial charge in [0.25, 0.3) is 0 Å². The second-order valence-electron chi connectivity index (χ2n) is 7.59. The number of benzene rings is 4. The lowest BCUT2D eigenvalue weighted by Crippen LogP contribution is -3.00. The van der Waals surface area contributed by atoms with Gasteiger partial charge in [-0.1, -0.05) is 84.4 Å². The average molecular weight is 484 g/mol. The van der Waals surface area contributed by atoms with E-state index in [2.05, 4.69) is 54.6 Å². The molecular formula is C28H17Cl2N2S-. The van der Waals surface area contributed by atoms with E-state index in [0.29, 0.717) is 5.02 Å². The summed E-state index contributed by atoms with van der Waals surface area (Å²) in [5, 5.41) is 2.68. The third-order valence-electron chi connectivity index (χ3n) is 5.56. The van der Waals surface area contributed by atoms with E-state index in [1.54, 1.807) is 11.3 Å². The van der Waals surface area contributed by atoms with E-state index < -0.39 is 0 Å². The van der Waals surface area contributed by atoms with Crippen molar-refractivity contribution in [1.29, 1.82) is 0 Å². The number of hydrogen-bond donors (Lipinski definition) is 0. The molecule has 0 atom stereocenters. The Bertz CT molecular complexity index is 1550. The largest absolute Gasteiger partial charge is 1.00 e. The van der Waals surface area contributed by atoms with E-state index in [9.17, 15) is 0 Å². The van der Waals surface area contributed by atoms with Gasteiger partial charge in [-0.3, -0.25) is 0 Å². The molecule has 160 valence electrons. The van der Waals surface area contributed by atoms with E-state index in [4.69, 9.17) is 21.6 Å². The predicted octanol–water partition coefficient (Wildman–Crippen LogP) is 5.50. The van der Waals surface area contributed by atoms with Crippen LogP contribution in [-0.4, -0.2) is 9.97 Å². The topological polar surface area (TPSA) is 25.8 Å². The van der Waals surface area contributed by atoms with Gasteiger partial charge in [0.05, 0.1) is 21.4 Å². The van der Waals surface area contributed by atoms with Gasteiger partial charge in [-0.25, -0.2) is 9.97 Å². The summed E-state index contributed by atoms with van der Waals surface area (Å²) in [4.78, 5) is 10.2. The highest BCUT2D eigenvalue weighted by Crippen LogP contribution is 2.45. The van der Waals surface area contributed by atoms with E-state index in [0.717, 1.165) is 54.1 Å².